The number of hydrogen-bond donors (Lipinski definition) is 3. The molecule has 2 aliphatic carbocycles. The highest BCUT2D eigenvalue weighted by molar-refractivity contribution is 7.92. The molecular formula is C27H31ClF2N2O6S. The van der Waals surface area contributed by atoms with E-state index in [2.05, 4.69) is 10.6 Å². The van der Waals surface area contributed by atoms with Crippen LogP contribution in [-0.4, -0.2) is 55.9 Å². The first-order chi connectivity index (χ1) is 18.3. The van der Waals surface area contributed by atoms with Crippen LogP contribution in [0.4, 0.5) is 14.5 Å². The molecule has 2 unspecified atom stereocenters. The third kappa shape index (κ3) is 6.11. The van der Waals surface area contributed by atoms with Crippen molar-refractivity contribution in [3.63, 3.8) is 0 Å². The molecule has 2 aromatic carbocycles. The van der Waals surface area contributed by atoms with Gasteiger partial charge in [-0.05, 0) is 74.8 Å². The van der Waals surface area contributed by atoms with Gasteiger partial charge in [0, 0.05) is 31.0 Å². The minimum Gasteiger partial charge on any atom is -0.389 e. The first-order valence-electron chi connectivity index (χ1n) is 12.7. The monoisotopic (exact) mass is 584 g/mol. The van der Waals surface area contributed by atoms with Crippen LogP contribution in [0.15, 0.2) is 41.3 Å². The smallest absolute Gasteiger partial charge is 0.255 e. The lowest BCUT2D eigenvalue weighted by Gasteiger charge is -2.42. The predicted molar refractivity (Wildman–Crippen MR) is 141 cm³/mol. The van der Waals surface area contributed by atoms with Gasteiger partial charge in [-0.2, -0.15) is 0 Å². The number of anilines is 1. The van der Waals surface area contributed by atoms with Crippen LogP contribution in [0.25, 0.3) is 0 Å². The minimum absolute atomic E-state index is 0.00196. The van der Waals surface area contributed by atoms with E-state index in [0.29, 0.717) is 19.4 Å². The highest BCUT2D eigenvalue weighted by atomic mass is 35.5. The Morgan fingerprint density at radius 1 is 1.13 bits per heavy atom. The molecule has 8 nitrogen and oxygen atoms in total. The maximum absolute atomic E-state index is 13.7. The number of hydrogen-bond acceptors (Lipinski definition) is 6. The summed E-state index contributed by atoms with van der Waals surface area (Å²) in [5, 5.41) is 15.7. The van der Waals surface area contributed by atoms with Crippen LogP contribution in [0.1, 0.15) is 49.4 Å². The molecule has 2 bridgehead atoms. The lowest BCUT2D eigenvalue weighted by molar-refractivity contribution is -0.133. The van der Waals surface area contributed by atoms with Crippen LogP contribution in [-0.2, 0) is 19.4 Å². The molecule has 2 amide bonds. The Kier molecular flexibility index (Phi) is 8.65. The molecule has 39 heavy (non-hydrogen) atoms. The Hall–Kier alpha value is -2.60. The van der Waals surface area contributed by atoms with Gasteiger partial charge in [-0.1, -0.05) is 11.6 Å². The fraction of sp³-hybridized carbons (Fsp3) is 0.481. The van der Waals surface area contributed by atoms with Crippen molar-refractivity contribution in [2.75, 3.05) is 19.0 Å². The van der Waals surface area contributed by atoms with E-state index in [0.717, 1.165) is 12.1 Å². The van der Waals surface area contributed by atoms with Crippen LogP contribution >= 0.6 is 11.6 Å². The van der Waals surface area contributed by atoms with Gasteiger partial charge in [-0.3, -0.25) is 9.59 Å². The second-order valence-electron chi connectivity index (χ2n) is 10.4. The number of sulfone groups is 1. The second kappa shape index (κ2) is 11.5. The number of fused-ring (bicyclic) bond motifs is 2. The van der Waals surface area contributed by atoms with Crippen molar-refractivity contribution in [1.29, 1.82) is 0 Å². The first-order valence-corrected chi connectivity index (χ1v) is 14.6. The van der Waals surface area contributed by atoms with E-state index in [-0.39, 0.29) is 64.3 Å². The van der Waals surface area contributed by atoms with Crippen molar-refractivity contribution in [2.45, 2.75) is 60.9 Å². The Labute approximate surface area is 231 Å². The molecule has 2 saturated carbocycles. The molecule has 0 heterocycles. The summed E-state index contributed by atoms with van der Waals surface area (Å²) in [6.45, 7) is 2.11. The van der Waals surface area contributed by atoms with Gasteiger partial charge in [0.05, 0.1) is 33.3 Å². The lowest BCUT2D eigenvalue weighted by Crippen LogP contribution is -2.51. The Morgan fingerprint density at radius 3 is 2.41 bits per heavy atom. The standard InChI is InChI=1S/C27H31ClF2N2O6S/c1-15(38-2)14-31-25(33)13-27(35)17-4-5-18(27)11-20(10-17)39(36,37)24-9-16(3-7-21(24)28)26(34)32-19-6-8-22(29)23(30)12-19/h3,6-9,12,15,17-18,20,35H,4-5,10-11,13-14H2,1-2H3,(H,31,33)(H,32,34)/t15-,17?,18?,20?,27?/m0/s1. The largest absolute Gasteiger partial charge is 0.389 e. The van der Waals surface area contributed by atoms with Gasteiger partial charge in [0.1, 0.15) is 0 Å². The van der Waals surface area contributed by atoms with Crippen molar-refractivity contribution in [3.8, 4) is 0 Å². The summed E-state index contributed by atoms with van der Waals surface area (Å²) in [5.41, 5.74) is -1.33. The van der Waals surface area contributed by atoms with Crippen LogP contribution in [0.2, 0.25) is 5.02 Å². The molecule has 4 rings (SSSR count). The van der Waals surface area contributed by atoms with Crippen LogP contribution in [0.5, 0.6) is 0 Å². The number of carbonyl (C=O) groups excluding carboxylic acids is 2. The zero-order valence-corrected chi connectivity index (χ0v) is 23.1. The summed E-state index contributed by atoms with van der Waals surface area (Å²) in [4.78, 5) is 25.1. The summed E-state index contributed by atoms with van der Waals surface area (Å²) < 4.78 is 59.3. The third-order valence-corrected chi connectivity index (χ3v) is 10.6. The molecule has 12 heteroatoms. The van der Waals surface area contributed by atoms with E-state index in [1.165, 1.54) is 31.4 Å². The fourth-order valence-corrected chi connectivity index (χ4v) is 8.03. The Bertz CT molecular complexity index is 1360. The van der Waals surface area contributed by atoms with Gasteiger partial charge in [0.25, 0.3) is 5.91 Å². The normalized spacial score (nSPS) is 25.2. The van der Waals surface area contributed by atoms with E-state index in [9.17, 15) is 31.9 Å². The number of nitrogens with one attached hydrogen (secondary N) is 2. The summed E-state index contributed by atoms with van der Waals surface area (Å²) in [6.07, 6.45) is 1.20. The molecule has 0 spiro atoms. The van der Waals surface area contributed by atoms with Gasteiger partial charge in [0.2, 0.25) is 5.91 Å². The molecule has 2 aromatic rings. The zero-order chi connectivity index (χ0) is 28.5. The fourth-order valence-electron chi connectivity index (χ4n) is 5.63. The summed E-state index contributed by atoms with van der Waals surface area (Å²) >= 11 is 6.27. The molecule has 3 atom stereocenters. The van der Waals surface area contributed by atoms with Gasteiger partial charge in [0.15, 0.2) is 21.5 Å². The number of benzene rings is 2. The highest BCUT2D eigenvalue weighted by Gasteiger charge is 2.56. The number of rotatable bonds is 9. The van der Waals surface area contributed by atoms with Crippen molar-refractivity contribution < 1.29 is 36.6 Å². The molecule has 2 fully saturated rings. The third-order valence-electron chi connectivity index (χ3n) is 7.92. The molecule has 0 saturated heterocycles. The average Bonchev–Trinajstić information content (AvgIpc) is 3.05. The molecule has 212 valence electrons. The summed E-state index contributed by atoms with van der Waals surface area (Å²) in [5.74, 6) is -4.02. The molecule has 0 aliphatic heterocycles. The average molecular weight is 585 g/mol. The number of aliphatic hydroxyl groups is 1. The quantitative estimate of drug-likeness (QED) is 0.408. The van der Waals surface area contributed by atoms with Crippen molar-refractivity contribution >= 4 is 38.9 Å². The Balaban J connectivity index is 1.50. The second-order valence-corrected chi connectivity index (χ2v) is 13.0. The minimum atomic E-state index is -4.01. The highest BCUT2D eigenvalue weighted by Crippen LogP contribution is 2.53. The van der Waals surface area contributed by atoms with Gasteiger partial charge in [-0.25, -0.2) is 17.2 Å². The SMILES string of the molecule is CO[C@@H](C)CNC(=O)CC1(O)C2CCC1CC(S(=O)(=O)c1cc(C(=O)Nc3ccc(F)c(F)c3)ccc1Cl)C2. The van der Waals surface area contributed by atoms with Gasteiger partial charge >= 0.3 is 0 Å². The topological polar surface area (TPSA) is 122 Å². The molecule has 0 radical (unpaired) electrons. The number of ether oxygens (including phenoxy) is 1. The molecular weight excluding hydrogens is 554 g/mol. The van der Waals surface area contributed by atoms with Gasteiger partial charge in [-0.15, -0.1) is 0 Å². The van der Waals surface area contributed by atoms with Crippen LogP contribution < -0.4 is 10.6 Å². The molecule has 2 aliphatic rings. The summed E-state index contributed by atoms with van der Waals surface area (Å²) in [7, 11) is -2.48. The van der Waals surface area contributed by atoms with Crippen LogP contribution in [0.3, 0.4) is 0 Å². The molecule has 3 N–H and O–H groups in total. The predicted octanol–water partition coefficient (Wildman–Crippen LogP) is 4.11. The lowest BCUT2D eigenvalue weighted by atomic mass is 9.72. The zero-order valence-electron chi connectivity index (χ0n) is 21.5. The van der Waals surface area contributed by atoms with E-state index < -0.39 is 38.2 Å². The van der Waals surface area contributed by atoms with Crippen molar-refractivity contribution in [1.82, 2.24) is 5.32 Å². The van der Waals surface area contributed by atoms with Crippen molar-refractivity contribution in [2.24, 2.45) is 11.8 Å². The van der Waals surface area contributed by atoms with Gasteiger partial charge < -0.3 is 20.5 Å². The van der Waals surface area contributed by atoms with E-state index in [4.69, 9.17) is 16.3 Å². The number of amides is 2. The number of carbonyl (C=O) groups is 2. The van der Waals surface area contributed by atoms with E-state index >= 15 is 0 Å². The summed E-state index contributed by atoms with van der Waals surface area (Å²) in [6, 6.07) is 6.67. The Morgan fingerprint density at radius 2 is 1.79 bits per heavy atom. The van der Waals surface area contributed by atoms with Crippen molar-refractivity contribution in [3.05, 3.63) is 58.6 Å². The maximum atomic E-state index is 13.7. The van der Waals surface area contributed by atoms with E-state index in [1.54, 1.807) is 6.92 Å². The number of halogens is 3. The van der Waals surface area contributed by atoms with Crippen LogP contribution in [0, 0.1) is 23.5 Å². The molecule has 0 aromatic heterocycles. The number of methoxy groups -OCH3 is 1. The maximum Gasteiger partial charge on any atom is 0.255 e. The first kappa shape index (κ1) is 29.4. The van der Waals surface area contributed by atoms with E-state index in [1.807, 2.05) is 0 Å².